The smallest absolute Gasteiger partial charge is 0.130 e. The van der Waals surface area contributed by atoms with Crippen molar-refractivity contribution in [3.05, 3.63) is 0 Å². The van der Waals surface area contributed by atoms with Crippen LogP contribution in [0.15, 0.2) is 0 Å². The first-order valence-electron chi connectivity index (χ1n) is 5.83. The lowest BCUT2D eigenvalue weighted by Crippen LogP contribution is -2.37. The summed E-state index contributed by atoms with van der Waals surface area (Å²) in [5, 5.41) is 3.57. The van der Waals surface area contributed by atoms with Crippen LogP contribution in [0.25, 0.3) is 0 Å². The first kappa shape index (κ1) is 11.7. The Labute approximate surface area is 87.5 Å². The summed E-state index contributed by atoms with van der Waals surface area (Å²) in [6, 6.07) is 1.28. The number of carbonyl (C=O) groups is 1. The molecule has 0 unspecified atom stereocenters. The van der Waals surface area contributed by atoms with Crippen LogP contribution in [0.5, 0.6) is 0 Å². The molecule has 1 aliphatic carbocycles. The summed E-state index contributed by atoms with van der Waals surface area (Å²) in [6.45, 7) is 6.10. The molecule has 1 N–H and O–H groups in total. The summed E-state index contributed by atoms with van der Waals surface area (Å²) in [6.07, 6.45) is 5.74. The Morgan fingerprint density at radius 2 is 1.86 bits per heavy atom. The van der Waals surface area contributed by atoms with E-state index in [1.807, 2.05) is 0 Å². The second kappa shape index (κ2) is 5.50. The Bertz CT molecular complexity index is 181. The van der Waals surface area contributed by atoms with E-state index >= 15 is 0 Å². The summed E-state index contributed by atoms with van der Waals surface area (Å²) in [5.74, 6) is 1.02. The second-order valence-corrected chi connectivity index (χ2v) is 4.95. The van der Waals surface area contributed by atoms with Gasteiger partial charge in [0.2, 0.25) is 0 Å². The first-order valence-corrected chi connectivity index (χ1v) is 5.83. The molecule has 1 aliphatic rings. The first-order chi connectivity index (χ1) is 6.58. The van der Waals surface area contributed by atoms with Gasteiger partial charge in [-0.05, 0) is 38.5 Å². The van der Waals surface area contributed by atoms with Crippen LogP contribution in [0.1, 0.15) is 52.9 Å². The molecule has 0 aliphatic heterocycles. The Hall–Kier alpha value is -0.370. The van der Waals surface area contributed by atoms with Gasteiger partial charge in [0, 0.05) is 18.5 Å². The molecule has 1 saturated carbocycles. The lowest BCUT2D eigenvalue weighted by atomic mass is 9.83. The number of Topliss-reactive ketones (excluding diaryl/α,β-unsaturated/α-hetero) is 1. The molecule has 0 aromatic heterocycles. The van der Waals surface area contributed by atoms with Crippen molar-refractivity contribution in [2.75, 3.05) is 0 Å². The van der Waals surface area contributed by atoms with Gasteiger partial charge in [-0.3, -0.25) is 0 Å². The molecule has 2 nitrogen and oxygen atoms in total. The van der Waals surface area contributed by atoms with Gasteiger partial charge in [0.05, 0.1) is 0 Å². The third-order valence-corrected chi connectivity index (χ3v) is 2.99. The van der Waals surface area contributed by atoms with Gasteiger partial charge in [-0.2, -0.15) is 0 Å². The predicted octanol–water partition coefficient (Wildman–Crippen LogP) is 2.52. The van der Waals surface area contributed by atoms with Crippen molar-refractivity contribution in [2.45, 2.75) is 65.0 Å². The summed E-state index contributed by atoms with van der Waals surface area (Å²) in [7, 11) is 0. The van der Waals surface area contributed by atoms with E-state index < -0.39 is 0 Å². The molecule has 0 spiro atoms. The minimum atomic E-state index is 0.352. The average molecular weight is 197 g/mol. The Kier molecular flexibility index (Phi) is 4.59. The van der Waals surface area contributed by atoms with E-state index in [2.05, 4.69) is 19.2 Å². The molecular weight excluding hydrogens is 174 g/mol. The lowest BCUT2D eigenvalue weighted by molar-refractivity contribution is -0.118. The van der Waals surface area contributed by atoms with Crippen LogP contribution in [0.2, 0.25) is 0 Å². The van der Waals surface area contributed by atoms with Crippen LogP contribution in [-0.2, 0) is 4.79 Å². The summed E-state index contributed by atoms with van der Waals surface area (Å²) >= 11 is 0. The normalized spacial score (nSPS) is 28.0. The van der Waals surface area contributed by atoms with E-state index in [4.69, 9.17) is 0 Å². The molecule has 0 heterocycles. The quantitative estimate of drug-likeness (QED) is 0.750. The number of hydrogen-bond donors (Lipinski definition) is 1. The molecule has 0 bridgehead atoms. The Morgan fingerprint density at radius 1 is 1.29 bits per heavy atom. The maximum absolute atomic E-state index is 11.0. The van der Waals surface area contributed by atoms with Gasteiger partial charge in [-0.1, -0.05) is 13.8 Å². The monoisotopic (exact) mass is 197 g/mol. The van der Waals surface area contributed by atoms with Gasteiger partial charge in [-0.25, -0.2) is 0 Å². The third-order valence-electron chi connectivity index (χ3n) is 2.99. The number of ketones is 1. The van der Waals surface area contributed by atoms with Crippen LogP contribution in [0, 0.1) is 5.92 Å². The maximum Gasteiger partial charge on any atom is 0.130 e. The van der Waals surface area contributed by atoms with Crippen molar-refractivity contribution in [3.63, 3.8) is 0 Å². The maximum atomic E-state index is 11.0. The number of nitrogens with one attached hydrogen (secondary N) is 1. The standard InChI is InChI=1S/C12H23NO/c1-9(2)13-12-6-4-11(5-7-12)8-10(3)14/h9,11-13H,4-8H2,1-3H3. The van der Waals surface area contributed by atoms with Crippen molar-refractivity contribution < 1.29 is 4.79 Å². The summed E-state index contributed by atoms with van der Waals surface area (Å²) < 4.78 is 0. The minimum absolute atomic E-state index is 0.352. The largest absolute Gasteiger partial charge is 0.312 e. The van der Waals surface area contributed by atoms with E-state index in [0.717, 1.165) is 6.42 Å². The fourth-order valence-electron chi connectivity index (χ4n) is 2.41. The average Bonchev–Trinajstić information content (AvgIpc) is 2.06. The highest BCUT2D eigenvalue weighted by molar-refractivity contribution is 5.75. The number of carbonyl (C=O) groups excluding carboxylic acids is 1. The van der Waals surface area contributed by atoms with Crippen LogP contribution in [-0.4, -0.2) is 17.9 Å². The molecule has 0 radical (unpaired) electrons. The zero-order valence-corrected chi connectivity index (χ0v) is 9.68. The lowest BCUT2D eigenvalue weighted by Gasteiger charge is -2.30. The molecule has 0 aromatic rings. The highest BCUT2D eigenvalue weighted by Gasteiger charge is 2.21. The molecule has 0 aromatic carbocycles. The van der Waals surface area contributed by atoms with Crippen molar-refractivity contribution in [1.29, 1.82) is 0 Å². The molecule has 0 atom stereocenters. The van der Waals surface area contributed by atoms with Crippen molar-refractivity contribution in [2.24, 2.45) is 5.92 Å². The van der Waals surface area contributed by atoms with Crippen LogP contribution >= 0.6 is 0 Å². The third kappa shape index (κ3) is 4.23. The Morgan fingerprint density at radius 3 is 2.29 bits per heavy atom. The molecule has 0 saturated heterocycles. The van der Waals surface area contributed by atoms with E-state index in [9.17, 15) is 4.79 Å². The fraction of sp³-hybridized carbons (Fsp3) is 0.917. The summed E-state index contributed by atoms with van der Waals surface area (Å²) in [5.41, 5.74) is 0. The van der Waals surface area contributed by atoms with Gasteiger partial charge in [0.25, 0.3) is 0 Å². The van der Waals surface area contributed by atoms with Gasteiger partial charge in [0.1, 0.15) is 5.78 Å². The molecule has 14 heavy (non-hydrogen) atoms. The van der Waals surface area contributed by atoms with Crippen molar-refractivity contribution in [1.82, 2.24) is 5.32 Å². The molecule has 82 valence electrons. The van der Waals surface area contributed by atoms with Crippen LogP contribution < -0.4 is 5.32 Å². The van der Waals surface area contributed by atoms with Crippen LogP contribution in [0.3, 0.4) is 0 Å². The zero-order valence-electron chi connectivity index (χ0n) is 9.68. The molecule has 1 rings (SSSR count). The minimum Gasteiger partial charge on any atom is -0.312 e. The predicted molar refractivity (Wildman–Crippen MR) is 59.3 cm³/mol. The highest BCUT2D eigenvalue weighted by Crippen LogP contribution is 2.27. The summed E-state index contributed by atoms with van der Waals surface area (Å²) in [4.78, 5) is 11.0. The highest BCUT2D eigenvalue weighted by atomic mass is 16.1. The van der Waals surface area contributed by atoms with E-state index in [1.54, 1.807) is 6.92 Å². The van der Waals surface area contributed by atoms with Crippen molar-refractivity contribution in [3.8, 4) is 0 Å². The molecule has 2 heteroatoms. The Balaban J connectivity index is 2.21. The van der Waals surface area contributed by atoms with Gasteiger partial charge in [-0.15, -0.1) is 0 Å². The molecule has 1 fully saturated rings. The van der Waals surface area contributed by atoms with E-state index in [1.165, 1.54) is 25.7 Å². The SMILES string of the molecule is CC(=O)CC1CCC(NC(C)C)CC1. The zero-order chi connectivity index (χ0) is 10.6. The van der Waals surface area contributed by atoms with E-state index in [-0.39, 0.29) is 0 Å². The molecule has 0 amide bonds. The van der Waals surface area contributed by atoms with Gasteiger partial charge >= 0.3 is 0 Å². The number of hydrogen-bond acceptors (Lipinski definition) is 2. The second-order valence-electron chi connectivity index (χ2n) is 4.95. The number of rotatable bonds is 4. The molecular formula is C12H23NO. The topological polar surface area (TPSA) is 29.1 Å². The van der Waals surface area contributed by atoms with Gasteiger partial charge < -0.3 is 10.1 Å². The van der Waals surface area contributed by atoms with Gasteiger partial charge in [0.15, 0.2) is 0 Å². The van der Waals surface area contributed by atoms with Crippen molar-refractivity contribution >= 4 is 5.78 Å². The fourth-order valence-corrected chi connectivity index (χ4v) is 2.41. The van der Waals surface area contributed by atoms with Crippen LogP contribution in [0.4, 0.5) is 0 Å². The van der Waals surface area contributed by atoms with E-state index in [0.29, 0.717) is 23.8 Å².